The summed E-state index contributed by atoms with van der Waals surface area (Å²) in [6.45, 7) is 0. The average molecular weight is 190 g/mol. The lowest BCUT2D eigenvalue weighted by Gasteiger charge is -2.08. The van der Waals surface area contributed by atoms with Gasteiger partial charge < -0.3 is 4.74 Å². The smallest absolute Gasteiger partial charge is 0.403 e. The van der Waals surface area contributed by atoms with Crippen molar-refractivity contribution < 1.29 is 17.9 Å². The Hall–Kier alpha value is -1.59. The van der Waals surface area contributed by atoms with Crippen LogP contribution in [0.4, 0.5) is 18.9 Å². The summed E-state index contributed by atoms with van der Waals surface area (Å²) in [5.74, 6) is -0.718. The molecule has 0 saturated carbocycles. The molecule has 0 amide bonds. The molecule has 0 saturated heterocycles. The molecular weight excluding hydrogens is 187 g/mol. The number of nitroso groups, excluding NO2 is 1. The first-order valence-corrected chi connectivity index (χ1v) is 3.13. The summed E-state index contributed by atoms with van der Waals surface area (Å²) in [5, 5.41) is 2.35. The van der Waals surface area contributed by atoms with Crippen LogP contribution in [-0.2, 0) is 0 Å². The molecule has 0 aliphatic rings. The number of nitrogens with zero attached hydrogens (tertiary/aromatic N) is 1. The van der Waals surface area contributed by atoms with Crippen molar-refractivity contribution in [2.45, 2.75) is 6.36 Å². The van der Waals surface area contributed by atoms with Crippen LogP contribution in [0.5, 0.6) is 5.75 Å². The molecule has 6 heteroatoms. The average Bonchev–Trinajstić information content (AvgIpc) is 2.02. The molecule has 0 aliphatic heterocycles. The summed E-state index contributed by atoms with van der Waals surface area (Å²) in [5.41, 5.74) is -0.431. The van der Waals surface area contributed by atoms with Crippen molar-refractivity contribution in [3.05, 3.63) is 29.2 Å². The molecule has 0 unspecified atom stereocenters. The first kappa shape index (κ1) is 9.50. The third-order valence-corrected chi connectivity index (χ3v) is 1.11. The summed E-state index contributed by atoms with van der Waals surface area (Å²) in [4.78, 5) is 10.00. The van der Waals surface area contributed by atoms with E-state index in [1.54, 1.807) is 0 Å². The zero-order valence-corrected chi connectivity index (χ0v) is 6.13. The minimum absolute atomic E-state index is 0.431. The van der Waals surface area contributed by atoms with E-state index in [0.29, 0.717) is 0 Å². The molecule has 0 spiro atoms. The SMILES string of the molecule is O=Nc1ccc[c]c1OC(F)(F)F. The Balaban J connectivity index is 2.94. The summed E-state index contributed by atoms with van der Waals surface area (Å²) in [7, 11) is 0. The van der Waals surface area contributed by atoms with Gasteiger partial charge >= 0.3 is 6.36 Å². The van der Waals surface area contributed by atoms with E-state index in [-0.39, 0.29) is 0 Å². The monoisotopic (exact) mass is 190 g/mol. The number of halogens is 3. The van der Waals surface area contributed by atoms with Gasteiger partial charge in [-0.3, -0.25) is 0 Å². The molecule has 0 heterocycles. The van der Waals surface area contributed by atoms with Crippen LogP contribution in [-0.4, -0.2) is 6.36 Å². The molecule has 1 aromatic carbocycles. The zero-order chi connectivity index (χ0) is 9.90. The summed E-state index contributed by atoms with van der Waals surface area (Å²) in [6.07, 6.45) is -4.84. The van der Waals surface area contributed by atoms with Crippen molar-refractivity contribution >= 4 is 5.69 Å². The molecule has 0 aliphatic carbocycles. The van der Waals surface area contributed by atoms with E-state index in [9.17, 15) is 18.1 Å². The lowest BCUT2D eigenvalue weighted by Crippen LogP contribution is -2.17. The van der Waals surface area contributed by atoms with Crippen LogP contribution in [0.25, 0.3) is 0 Å². The fraction of sp³-hybridized carbons (Fsp3) is 0.143. The molecule has 13 heavy (non-hydrogen) atoms. The van der Waals surface area contributed by atoms with Crippen LogP contribution in [0.15, 0.2) is 23.4 Å². The number of hydrogen-bond acceptors (Lipinski definition) is 3. The van der Waals surface area contributed by atoms with E-state index < -0.39 is 17.8 Å². The first-order chi connectivity index (χ1) is 6.03. The van der Waals surface area contributed by atoms with E-state index in [1.807, 2.05) is 0 Å². The largest absolute Gasteiger partial charge is 0.573 e. The molecule has 1 rings (SSSR count). The van der Waals surface area contributed by atoms with Gasteiger partial charge in [-0.25, -0.2) is 0 Å². The van der Waals surface area contributed by atoms with Crippen molar-refractivity contribution in [2.24, 2.45) is 5.18 Å². The maximum absolute atomic E-state index is 11.7. The third-order valence-electron chi connectivity index (χ3n) is 1.11. The Labute approximate surface area is 71.1 Å². The molecule has 0 bridgehead atoms. The quantitative estimate of drug-likeness (QED) is 0.672. The predicted octanol–water partition coefficient (Wildman–Crippen LogP) is 2.78. The van der Waals surface area contributed by atoms with Gasteiger partial charge in [0.15, 0.2) is 11.4 Å². The maximum Gasteiger partial charge on any atom is 0.573 e. The van der Waals surface area contributed by atoms with E-state index in [0.717, 1.165) is 6.07 Å². The number of ether oxygens (including phenoxy) is 1. The molecule has 0 fully saturated rings. The Kier molecular flexibility index (Phi) is 2.50. The van der Waals surface area contributed by atoms with Crippen molar-refractivity contribution in [3.8, 4) is 5.75 Å². The van der Waals surface area contributed by atoms with E-state index >= 15 is 0 Å². The normalized spacial score (nSPS) is 11.0. The Morgan fingerprint density at radius 2 is 2.15 bits per heavy atom. The number of hydrogen-bond donors (Lipinski definition) is 0. The fourth-order valence-electron chi connectivity index (χ4n) is 0.682. The van der Waals surface area contributed by atoms with Crippen LogP contribution in [0, 0.1) is 11.0 Å². The molecule has 0 atom stereocenters. The van der Waals surface area contributed by atoms with Gasteiger partial charge in [-0.2, -0.15) is 0 Å². The molecule has 1 radical (unpaired) electrons. The van der Waals surface area contributed by atoms with Crippen LogP contribution in [0.2, 0.25) is 0 Å². The second-order valence-corrected chi connectivity index (χ2v) is 2.02. The standard InChI is InChI=1S/C7H3F3NO2/c8-7(9,10)13-6-4-2-1-3-5(6)11-12/h1-3H. The van der Waals surface area contributed by atoms with Gasteiger partial charge in [0.1, 0.15) is 0 Å². The number of para-hydroxylation sites is 1. The van der Waals surface area contributed by atoms with Gasteiger partial charge in [-0.05, 0) is 11.2 Å². The van der Waals surface area contributed by atoms with E-state index in [2.05, 4.69) is 16.0 Å². The number of rotatable bonds is 2. The van der Waals surface area contributed by atoms with Gasteiger partial charge in [0, 0.05) is 6.07 Å². The summed E-state index contributed by atoms with van der Waals surface area (Å²) < 4.78 is 38.5. The number of benzene rings is 1. The highest BCUT2D eigenvalue weighted by atomic mass is 19.4. The highest BCUT2D eigenvalue weighted by Crippen LogP contribution is 2.30. The summed E-state index contributed by atoms with van der Waals surface area (Å²) in [6, 6.07) is 5.73. The van der Waals surface area contributed by atoms with E-state index in [4.69, 9.17) is 0 Å². The van der Waals surface area contributed by atoms with Gasteiger partial charge in [-0.1, -0.05) is 12.1 Å². The van der Waals surface area contributed by atoms with Gasteiger partial charge in [0.2, 0.25) is 0 Å². The van der Waals surface area contributed by atoms with Crippen molar-refractivity contribution in [2.75, 3.05) is 0 Å². The predicted molar refractivity (Wildman–Crippen MR) is 37.4 cm³/mol. The number of alkyl halides is 3. The lowest BCUT2D eigenvalue weighted by atomic mass is 10.3. The van der Waals surface area contributed by atoms with Gasteiger partial charge in [0.25, 0.3) is 0 Å². The minimum Gasteiger partial charge on any atom is -0.403 e. The second kappa shape index (κ2) is 3.42. The van der Waals surface area contributed by atoms with Crippen LogP contribution in [0.1, 0.15) is 0 Å². The molecule has 3 nitrogen and oxygen atoms in total. The van der Waals surface area contributed by atoms with E-state index in [1.165, 1.54) is 12.1 Å². The van der Waals surface area contributed by atoms with Crippen LogP contribution >= 0.6 is 0 Å². The second-order valence-electron chi connectivity index (χ2n) is 2.02. The Morgan fingerprint density at radius 3 is 2.69 bits per heavy atom. The van der Waals surface area contributed by atoms with Gasteiger partial charge in [0.05, 0.1) is 0 Å². The lowest BCUT2D eigenvalue weighted by molar-refractivity contribution is -0.274. The molecule has 0 N–H and O–H groups in total. The highest BCUT2D eigenvalue weighted by Gasteiger charge is 2.32. The maximum atomic E-state index is 11.7. The topological polar surface area (TPSA) is 38.7 Å². The molecule has 0 aromatic heterocycles. The molecular formula is C7H3F3NO2. The van der Waals surface area contributed by atoms with Crippen LogP contribution < -0.4 is 4.74 Å². The molecule has 1 aromatic rings. The first-order valence-electron chi connectivity index (χ1n) is 3.13. The molecule has 69 valence electrons. The van der Waals surface area contributed by atoms with Crippen molar-refractivity contribution in [1.29, 1.82) is 0 Å². The van der Waals surface area contributed by atoms with Crippen molar-refractivity contribution in [1.82, 2.24) is 0 Å². The van der Waals surface area contributed by atoms with Crippen molar-refractivity contribution in [3.63, 3.8) is 0 Å². The van der Waals surface area contributed by atoms with Crippen LogP contribution in [0.3, 0.4) is 0 Å². The highest BCUT2D eigenvalue weighted by molar-refractivity contribution is 5.50. The third kappa shape index (κ3) is 2.73. The Bertz CT molecular complexity index is 311. The zero-order valence-electron chi connectivity index (χ0n) is 6.13. The Morgan fingerprint density at radius 1 is 1.46 bits per heavy atom. The van der Waals surface area contributed by atoms with Gasteiger partial charge in [-0.15, -0.1) is 18.1 Å². The summed E-state index contributed by atoms with van der Waals surface area (Å²) >= 11 is 0. The fourth-order valence-corrected chi connectivity index (χ4v) is 0.682. The minimum atomic E-state index is -4.84.